The third kappa shape index (κ3) is 5.08. The molecule has 0 amide bonds. The summed E-state index contributed by atoms with van der Waals surface area (Å²) < 4.78 is 27.1. The van der Waals surface area contributed by atoms with Crippen LogP contribution in [0.2, 0.25) is 5.02 Å². The number of anilines is 1. The number of nitrogens with one attached hydrogen (secondary N) is 1. The van der Waals surface area contributed by atoms with Gasteiger partial charge in [0.25, 0.3) is 0 Å². The summed E-state index contributed by atoms with van der Waals surface area (Å²) in [7, 11) is -1.83. The summed E-state index contributed by atoms with van der Waals surface area (Å²) in [6.07, 6.45) is 1.16. The number of esters is 1. The van der Waals surface area contributed by atoms with Gasteiger partial charge in [-0.15, -0.1) is 0 Å². The number of rotatable bonds is 5. The molecule has 0 fully saturated rings. The Morgan fingerprint density at radius 3 is 2.63 bits per heavy atom. The molecule has 0 saturated carbocycles. The van der Waals surface area contributed by atoms with Crippen LogP contribution in [-0.4, -0.2) is 39.5 Å². The summed E-state index contributed by atoms with van der Waals surface area (Å²) in [6, 6.07) is 4.31. The molecule has 1 N–H and O–H groups in total. The first-order chi connectivity index (χ1) is 8.73. The van der Waals surface area contributed by atoms with E-state index >= 15 is 0 Å². The first kappa shape index (κ1) is 15.8. The van der Waals surface area contributed by atoms with Crippen LogP contribution >= 0.6 is 11.6 Å². The molecule has 0 aliphatic rings. The molecule has 0 aliphatic carbocycles. The van der Waals surface area contributed by atoms with Gasteiger partial charge in [-0.05, 0) is 25.1 Å². The summed E-state index contributed by atoms with van der Waals surface area (Å²) in [5.41, 5.74) is 0.766. The summed E-state index contributed by atoms with van der Waals surface area (Å²) in [5.74, 6) is -0.550. The van der Waals surface area contributed by atoms with E-state index in [1.54, 1.807) is 19.1 Å². The lowest BCUT2D eigenvalue weighted by Crippen LogP contribution is -2.26. The zero-order valence-electron chi connectivity index (χ0n) is 10.9. The van der Waals surface area contributed by atoms with Crippen LogP contribution in [0.3, 0.4) is 0 Å². The quantitative estimate of drug-likeness (QED) is 0.842. The van der Waals surface area contributed by atoms with Crippen molar-refractivity contribution in [3.8, 4) is 0 Å². The maximum absolute atomic E-state index is 11.6. The molecular formula is C12H16ClNO4S. The minimum atomic E-state index is -3.10. The number of hydrogen-bond donors (Lipinski definition) is 1. The number of ether oxygens (including phenoxy) is 1. The van der Waals surface area contributed by atoms with Crippen LogP contribution < -0.4 is 5.32 Å². The third-order valence-electron chi connectivity index (χ3n) is 2.34. The Hall–Kier alpha value is -1.27. The van der Waals surface area contributed by atoms with Gasteiger partial charge in [0.05, 0.1) is 24.1 Å². The molecule has 1 atom stereocenters. The first-order valence-electron chi connectivity index (χ1n) is 5.55. The fourth-order valence-electron chi connectivity index (χ4n) is 1.69. The van der Waals surface area contributed by atoms with Crippen molar-refractivity contribution in [3.05, 3.63) is 28.8 Å². The summed E-state index contributed by atoms with van der Waals surface area (Å²) in [6.45, 7) is 1.71. The Morgan fingerprint density at radius 1 is 1.47 bits per heavy atom. The maximum Gasteiger partial charge on any atom is 0.339 e. The maximum atomic E-state index is 11.6. The SMILES string of the molecule is COC(=O)c1ccc(Cl)cc1NC(C)CS(C)(=O)=O. The Kier molecular flexibility index (Phi) is 5.20. The molecular weight excluding hydrogens is 290 g/mol. The summed E-state index contributed by atoms with van der Waals surface area (Å²) in [5, 5.41) is 3.40. The molecule has 7 heteroatoms. The Bertz CT molecular complexity index is 571. The molecule has 0 radical (unpaired) electrons. The molecule has 0 saturated heterocycles. The van der Waals surface area contributed by atoms with Crippen LogP contribution in [0.1, 0.15) is 17.3 Å². The van der Waals surface area contributed by atoms with Gasteiger partial charge in [0.2, 0.25) is 0 Å². The van der Waals surface area contributed by atoms with E-state index in [0.29, 0.717) is 16.3 Å². The Morgan fingerprint density at radius 2 is 2.11 bits per heavy atom. The second kappa shape index (κ2) is 6.25. The van der Waals surface area contributed by atoms with Gasteiger partial charge in [0.1, 0.15) is 9.84 Å². The van der Waals surface area contributed by atoms with Gasteiger partial charge in [-0.25, -0.2) is 13.2 Å². The van der Waals surface area contributed by atoms with Crippen LogP contribution in [0.4, 0.5) is 5.69 Å². The largest absolute Gasteiger partial charge is 0.465 e. The van der Waals surface area contributed by atoms with E-state index in [9.17, 15) is 13.2 Å². The standard InChI is InChI=1S/C12H16ClNO4S/c1-8(7-19(3,16)17)14-11-6-9(13)4-5-10(11)12(15)18-2/h4-6,8,14H,7H2,1-3H3. The highest BCUT2D eigenvalue weighted by Crippen LogP contribution is 2.22. The van der Waals surface area contributed by atoms with Gasteiger partial charge in [-0.3, -0.25) is 0 Å². The van der Waals surface area contributed by atoms with E-state index < -0.39 is 15.8 Å². The average Bonchev–Trinajstić information content (AvgIpc) is 2.25. The molecule has 19 heavy (non-hydrogen) atoms. The lowest BCUT2D eigenvalue weighted by molar-refractivity contribution is 0.0602. The van der Waals surface area contributed by atoms with E-state index in [0.717, 1.165) is 6.26 Å². The Labute approximate surface area is 117 Å². The minimum Gasteiger partial charge on any atom is -0.465 e. The number of hydrogen-bond acceptors (Lipinski definition) is 5. The molecule has 1 unspecified atom stereocenters. The van der Waals surface area contributed by atoms with Crippen molar-refractivity contribution in [2.45, 2.75) is 13.0 Å². The number of halogens is 1. The van der Waals surface area contributed by atoms with Gasteiger partial charge in [-0.1, -0.05) is 11.6 Å². The normalized spacial score (nSPS) is 12.8. The highest BCUT2D eigenvalue weighted by molar-refractivity contribution is 7.90. The van der Waals surface area contributed by atoms with Crippen LogP contribution in [-0.2, 0) is 14.6 Å². The van der Waals surface area contributed by atoms with Gasteiger partial charge in [0, 0.05) is 17.3 Å². The van der Waals surface area contributed by atoms with Crippen molar-refractivity contribution in [1.29, 1.82) is 0 Å². The topological polar surface area (TPSA) is 72.5 Å². The molecule has 1 aromatic rings. The molecule has 0 aromatic heterocycles. The Balaban J connectivity index is 2.99. The summed E-state index contributed by atoms with van der Waals surface area (Å²) >= 11 is 5.87. The van der Waals surface area contributed by atoms with E-state index in [1.165, 1.54) is 13.2 Å². The lowest BCUT2D eigenvalue weighted by Gasteiger charge is -2.16. The van der Waals surface area contributed by atoms with E-state index in [1.807, 2.05) is 0 Å². The molecule has 0 heterocycles. The van der Waals surface area contributed by atoms with Crippen LogP contribution in [0.15, 0.2) is 18.2 Å². The monoisotopic (exact) mass is 305 g/mol. The number of benzene rings is 1. The molecule has 5 nitrogen and oxygen atoms in total. The van der Waals surface area contributed by atoms with Gasteiger partial charge in [0.15, 0.2) is 0 Å². The molecule has 0 bridgehead atoms. The van der Waals surface area contributed by atoms with E-state index in [4.69, 9.17) is 11.6 Å². The van der Waals surface area contributed by atoms with E-state index in [-0.39, 0.29) is 11.8 Å². The van der Waals surface area contributed by atoms with Gasteiger partial charge in [-0.2, -0.15) is 0 Å². The predicted molar refractivity (Wildman–Crippen MR) is 75.6 cm³/mol. The second-order valence-electron chi connectivity index (χ2n) is 4.32. The number of carbonyl (C=O) groups is 1. The van der Waals surface area contributed by atoms with Crippen LogP contribution in [0.25, 0.3) is 0 Å². The van der Waals surface area contributed by atoms with Crippen molar-refractivity contribution in [1.82, 2.24) is 0 Å². The summed E-state index contributed by atoms with van der Waals surface area (Å²) in [4.78, 5) is 11.6. The van der Waals surface area contributed by atoms with Crippen molar-refractivity contribution in [3.63, 3.8) is 0 Å². The van der Waals surface area contributed by atoms with Crippen molar-refractivity contribution >= 4 is 33.1 Å². The minimum absolute atomic E-state index is 0.0415. The molecule has 1 rings (SSSR count). The molecule has 0 aliphatic heterocycles. The third-order valence-corrected chi connectivity index (χ3v) is 3.68. The smallest absolute Gasteiger partial charge is 0.339 e. The lowest BCUT2D eigenvalue weighted by atomic mass is 10.1. The fourth-order valence-corrected chi connectivity index (χ4v) is 2.85. The molecule has 106 valence electrons. The van der Waals surface area contributed by atoms with Crippen LogP contribution in [0.5, 0.6) is 0 Å². The van der Waals surface area contributed by atoms with Crippen LogP contribution in [0, 0.1) is 0 Å². The zero-order chi connectivity index (χ0) is 14.6. The highest BCUT2D eigenvalue weighted by atomic mass is 35.5. The first-order valence-corrected chi connectivity index (χ1v) is 7.99. The number of carbonyl (C=O) groups excluding carboxylic acids is 1. The second-order valence-corrected chi connectivity index (χ2v) is 6.94. The predicted octanol–water partition coefficient (Wildman–Crippen LogP) is 1.97. The highest BCUT2D eigenvalue weighted by Gasteiger charge is 2.16. The zero-order valence-corrected chi connectivity index (χ0v) is 12.5. The molecule has 1 aromatic carbocycles. The number of methoxy groups -OCH3 is 1. The fraction of sp³-hybridized carbons (Fsp3) is 0.417. The van der Waals surface area contributed by atoms with Crippen molar-refractivity contribution < 1.29 is 17.9 Å². The van der Waals surface area contributed by atoms with Gasteiger partial charge < -0.3 is 10.1 Å². The molecule has 0 spiro atoms. The van der Waals surface area contributed by atoms with Gasteiger partial charge >= 0.3 is 5.97 Å². The van der Waals surface area contributed by atoms with Crippen molar-refractivity contribution in [2.75, 3.05) is 24.4 Å². The number of sulfone groups is 1. The van der Waals surface area contributed by atoms with E-state index in [2.05, 4.69) is 10.1 Å². The van der Waals surface area contributed by atoms with Crippen molar-refractivity contribution in [2.24, 2.45) is 0 Å². The average molecular weight is 306 g/mol.